The minimum Gasteiger partial charge on any atom is -0.389 e. The van der Waals surface area contributed by atoms with Crippen molar-refractivity contribution in [1.29, 1.82) is 0 Å². The summed E-state index contributed by atoms with van der Waals surface area (Å²) in [6, 6.07) is 5.11. The molecule has 5 nitrogen and oxygen atoms in total. The van der Waals surface area contributed by atoms with Crippen LogP contribution < -0.4 is 11.1 Å². The van der Waals surface area contributed by atoms with Crippen LogP contribution >= 0.6 is 46.4 Å². The molecule has 1 amide bonds. The largest absolute Gasteiger partial charge is 0.389 e. The third-order valence-electron chi connectivity index (χ3n) is 2.61. The Morgan fingerprint density at radius 3 is 2.85 bits per heavy atom. The molecule has 2 rings (SSSR count). The summed E-state index contributed by atoms with van der Waals surface area (Å²) in [5.74, 6) is 0.163. The van der Waals surface area contributed by atoms with E-state index in [0.717, 1.165) is 3.57 Å². The first-order valence-corrected chi connectivity index (χ1v) is 7.35. The molecule has 0 aliphatic rings. The van der Waals surface area contributed by atoms with Crippen LogP contribution in [0.25, 0.3) is 0 Å². The molecule has 0 saturated carbocycles. The number of hydrogen-bond donors (Lipinski definition) is 2. The van der Waals surface area contributed by atoms with Crippen molar-refractivity contribution < 1.29 is 4.79 Å². The average molecular weight is 421 g/mol. The first kappa shape index (κ1) is 15.2. The van der Waals surface area contributed by atoms with Gasteiger partial charge in [0, 0.05) is 15.6 Å². The number of anilines is 1. The van der Waals surface area contributed by atoms with Crippen molar-refractivity contribution in [3.63, 3.8) is 0 Å². The molecule has 0 aliphatic carbocycles. The summed E-state index contributed by atoms with van der Waals surface area (Å²) < 4.78 is 2.30. The third-order valence-corrected chi connectivity index (χ3v) is 4.00. The van der Waals surface area contributed by atoms with E-state index in [1.807, 2.05) is 0 Å². The van der Waals surface area contributed by atoms with Crippen molar-refractivity contribution in [2.45, 2.75) is 0 Å². The number of carbonyl (C=O) groups excluding carboxylic acids is 1. The summed E-state index contributed by atoms with van der Waals surface area (Å²) in [7, 11) is 1.69. The Bertz CT molecular complexity index is 701. The van der Waals surface area contributed by atoms with Gasteiger partial charge in [0.15, 0.2) is 0 Å². The van der Waals surface area contributed by atoms with E-state index in [0.29, 0.717) is 22.0 Å². The predicted octanol–water partition coefficient (Wildman–Crippen LogP) is 2.56. The van der Waals surface area contributed by atoms with Crippen molar-refractivity contribution >= 4 is 63.1 Å². The molecule has 104 valence electrons. The molecule has 0 spiro atoms. The van der Waals surface area contributed by atoms with Crippen molar-refractivity contribution in [1.82, 2.24) is 9.78 Å². The molecule has 0 fully saturated rings. The molecule has 0 aliphatic heterocycles. The van der Waals surface area contributed by atoms with E-state index in [9.17, 15) is 4.79 Å². The highest BCUT2D eigenvalue weighted by molar-refractivity contribution is 14.1. The maximum absolute atomic E-state index is 12.3. The Hall–Kier alpha value is -1.19. The highest BCUT2D eigenvalue weighted by Gasteiger charge is 2.16. The quantitative estimate of drug-likeness (QED) is 0.591. The van der Waals surface area contributed by atoms with Crippen LogP contribution in [-0.4, -0.2) is 20.7 Å². The van der Waals surface area contributed by atoms with Gasteiger partial charge < -0.3 is 11.1 Å². The van der Waals surface area contributed by atoms with Crippen molar-refractivity contribution in [3.8, 4) is 0 Å². The average Bonchev–Trinajstić information content (AvgIpc) is 2.74. The van der Waals surface area contributed by atoms with Gasteiger partial charge in [-0.05, 0) is 40.8 Å². The highest BCUT2D eigenvalue weighted by atomic mass is 127. The molecule has 0 atom stereocenters. The topological polar surface area (TPSA) is 72.9 Å². The molecular formula is C12H10ClIN4OS. The number of nitrogens with two attached hydrogens (primary N) is 1. The zero-order valence-electron chi connectivity index (χ0n) is 10.4. The lowest BCUT2D eigenvalue weighted by molar-refractivity contribution is 0.102. The summed E-state index contributed by atoms with van der Waals surface area (Å²) in [5, 5.41) is 7.28. The van der Waals surface area contributed by atoms with Crippen LogP contribution in [0.4, 0.5) is 5.82 Å². The first-order valence-electron chi connectivity index (χ1n) is 5.48. The second-order valence-electron chi connectivity index (χ2n) is 3.97. The number of amides is 1. The summed E-state index contributed by atoms with van der Waals surface area (Å²) >= 11 is 12.9. The standard InChI is InChI=1S/C12H10ClIN4OS/c1-18-11(8(5-16-18)10(15)20)17-12(19)7-4-6(13)2-3-9(7)14/h2-5H,1H3,(H2,15,20)(H,17,19). The fraction of sp³-hybridized carbons (Fsp3) is 0.0833. The fourth-order valence-electron chi connectivity index (χ4n) is 1.61. The lowest BCUT2D eigenvalue weighted by atomic mass is 10.2. The first-order chi connectivity index (χ1) is 9.40. The van der Waals surface area contributed by atoms with E-state index in [1.54, 1.807) is 25.2 Å². The smallest absolute Gasteiger partial charge is 0.257 e. The molecule has 1 aromatic heterocycles. The fourth-order valence-corrected chi connectivity index (χ4v) is 2.51. The Balaban J connectivity index is 2.35. The number of carbonyl (C=O) groups is 1. The number of benzene rings is 1. The van der Waals surface area contributed by atoms with Crippen LogP contribution in [0.3, 0.4) is 0 Å². The number of aromatic nitrogens is 2. The van der Waals surface area contributed by atoms with Crippen molar-refractivity contribution in [3.05, 3.63) is 44.1 Å². The Labute approximate surface area is 139 Å². The zero-order chi connectivity index (χ0) is 14.9. The Kier molecular flexibility index (Phi) is 4.61. The van der Waals surface area contributed by atoms with Crippen LogP contribution in [0.2, 0.25) is 5.02 Å². The van der Waals surface area contributed by atoms with E-state index in [-0.39, 0.29) is 10.9 Å². The molecule has 1 heterocycles. The van der Waals surface area contributed by atoms with Gasteiger partial charge in [-0.1, -0.05) is 23.8 Å². The lowest BCUT2D eigenvalue weighted by Gasteiger charge is -2.09. The number of hydrogen-bond acceptors (Lipinski definition) is 3. The van der Waals surface area contributed by atoms with Gasteiger partial charge in [-0.2, -0.15) is 5.10 Å². The maximum atomic E-state index is 12.3. The van der Waals surface area contributed by atoms with Crippen molar-refractivity contribution in [2.24, 2.45) is 12.8 Å². The van der Waals surface area contributed by atoms with E-state index < -0.39 is 0 Å². The van der Waals surface area contributed by atoms with Gasteiger partial charge in [-0.3, -0.25) is 9.48 Å². The van der Waals surface area contributed by atoms with Gasteiger partial charge >= 0.3 is 0 Å². The molecule has 3 N–H and O–H groups in total. The minimum atomic E-state index is -0.294. The number of rotatable bonds is 3. The minimum absolute atomic E-state index is 0.175. The predicted molar refractivity (Wildman–Crippen MR) is 91.2 cm³/mol. The molecule has 8 heteroatoms. The molecule has 2 aromatic rings. The normalized spacial score (nSPS) is 10.3. The molecule has 1 aromatic carbocycles. The van der Waals surface area contributed by atoms with Crippen LogP contribution in [0.15, 0.2) is 24.4 Å². The van der Waals surface area contributed by atoms with Gasteiger partial charge in [0.25, 0.3) is 5.91 Å². The van der Waals surface area contributed by atoms with E-state index in [1.165, 1.54) is 10.9 Å². The molecule has 20 heavy (non-hydrogen) atoms. The summed E-state index contributed by atoms with van der Waals surface area (Å²) in [4.78, 5) is 12.5. The number of nitrogens with one attached hydrogen (secondary N) is 1. The van der Waals surface area contributed by atoms with Gasteiger partial charge in [-0.25, -0.2) is 0 Å². The number of nitrogens with zero attached hydrogens (tertiary/aromatic N) is 2. The van der Waals surface area contributed by atoms with Gasteiger partial charge in [0.05, 0.1) is 17.3 Å². The van der Waals surface area contributed by atoms with Crippen LogP contribution in [0.1, 0.15) is 15.9 Å². The Morgan fingerprint density at radius 1 is 1.50 bits per heavy atom. The zero-order valence-corrected chi connectivity index (χ0v) is 14.1. The molecular weight excluding hydrogens is 411 g/mol. The van der Waals surface area contributed by atoms with Crippen molar-refractivity contribution in [2.75, 3.05) is 5.32 Å². The van der Waals surface area contributed by atoms with E-state index >= 15 is 0 Å². The molecule has 0 unspecified atom stereocenters. The maximum Gasteiger partial charge on any atom is 0.257 e. The summed E-state index contributed by atoms with van der Waals surface area (Å²) in [6.07, 6.45) is 1.51. The third kappa shape index (κ3) is 3.10. The lowest BCUT2D eigenvalue weighted by Crippen LogP contribution is -2.19. The van der Waals surface area contributed by atoms with Crippen LogP contribution in [0, 0.1) is 3.57 Å². The van der Waals surface area contributed by atoms with Crippen LogP contribution in [0.5, 0.6) is 0 Å². The summed E-state index contributed by atoms with van der Waals surface area (Å²) in [6.45, 7) is 0. The number of halogens is 2. The van der Waals surface area contributed by atoms with E-state index in [4.69, 9.17) is 29.6 Å². The van der Waals surface area contributed by atoms with Gasteiger partial charge in [0.2, 0.25) is 0 Å². The van der Waals surface area contributed by atoms with Crippen LogP contribution in [-0.2, 0) is 7.05 Å². The second kappa shape index (κ2) is 6.06. The summed E-state index contributed by atoms with van der Waals surface area (Å²) in [5.41, 5.74) is 6.60. The van der Waals surface area contributed by atoms with Gasteiger partial charge in [-0.15, -0.1) is 0 Å². The Morgan fingerprint density at radius 2 is 2.20 bits per heavy atom. The SMILES string of the molecule is Cn1ncc(C(N)=S)c1NC(=O)c1cc(Cl)ccc1I. The molecule has 0 bridgehead atoms. The number of thiocarbonyl (C=S) groups is 1. The molecule has 0 saturated heterocycles. The monoisotopic (exact) mass is 420 g/mol. The number of aryl methyl sites for hydroxylation is 1. The van der Waals surface area contributed by atoms with Gasteiger partial charge in [0.1, 0.15) is 10.8 Å². The van der Waals surface area contributed by atoms with E-state index in [2.05, 4.69) is 33.0 Å². The highest BCUT2D eigenvalue weighted by Crippen LogP contribution is 2.20. The second-order valence-corrected chi connectivity index (χ2v) is 6.01. The molecule has 0 radical (unpaired) electrons.